The highest BCUT2D eigenvalue weighted by atomic mass is 35.7. The molecule has 0 N–H and O–H groups in total. The van der Waals surface area contributed by atoms with Crippen molar-refractivity contribution in [2.45, 2.75) is 4.90 Å². The van der Waals surface area contributed by atoms with Crippen molar-refractivity contribution in [2.24, 2.45) is 0 Å². The molecule has 0 saturated carbocycles. The molecular formula is C8H4Cl2N2O2S. The van der Waals surface area contributed by atoms with Gasteiger partial charge in [-0.15, -0.1) is 0 Å². The zero-order chi connectivity index (χ0) is 11.1. The van der Waals surface area contributed by atoms with Gasteiger partial charge in [0.1, 0.15) is 10.0 Å². The molecule has 7 heteroatoms. The van der Waals surface area contributed by atoms with E-state index in [4.69, 9.17) is 22.3 Å². The second-order valence-corrected chi connectivity index (χ2v) is 5.68. The number of pyridine rings is 2. The molecule has 0 aliphatic rings. The van der Waals surface area contributed by atoms with Gasteiger partial charge in [-0.1, -0.05) is 11.6 Å². The van der Waals surface area contributed by atoms with Crippen molar-refractivity contribution in [3.05, 3.63) is 29.7 Å². The lowest BCUT2D eigenvalue weighted by Gasteiger charge is -2.01. The molecule has 2 aromatic heterocycles. The Morgan fingerprint density at radius 1 is 1.33 bits per heavy atom. The van der Waals surface area contributed by atoms with Gasteiger partial charge in [0.2, 0.25) is 0 Å². The number of hydrogen-bond acceptors (Lipinski definition) is 4. The summed E-state index contributed by atoms with van der Waals surface area (Å²) in [6.07, 6.45) is 3.03. The van der Waals surface area contributed by atoms with Crippen LogP contribution in [0.1, 0.15) is 0 Å². The van der Waals surface area contributed by atoms with E-state index >= 15 is 0 Å². The predicted molar refractivity (Wildman–Crippen MR) is 57.6 cm³/mol. The van der Waals surface area contributed by atoms with Gasteiger partial charge in [0.15, 0.2) is 0 Å². The molecule has 4 nitrogen and oxygen atoms in total. The van der Waals surface area contributed by atoms with E-state index in [1.807, 2.05) is 0 Å². The summed E-state index contributed by atoms with van der Waals surface area (Å²) in [6.45, 7) is 0. The average molecular weight is 263 g/mol. The molecule has 0 fully saturated rings. The Morgan fingerprint density at radius 2 is 2.07 bits per heavy atom. The molecule has 2 aromatic rings. The van der Waals surface area contributed by atoms with Crippen LogP contribution in [0, 0.1) is 0 Å². The largest absolute Gasteiger partial charge is 0.264 e. The van der Waals surface area contributed by atoms with E-state index in [1.54, 1.807) is 12.3 Å². The van der Waals surface area contributed by atoms with Crippen LogP contribution in [0.5, 0.6) is 0 Å². The molecule has 0 radical (unpaired) electrons. The van der Waals surface area contributed by atoms with Gasteiger partial charge < -0.3 is 0 Å². The summed E-state index contributed by atoms with van der Waals surface area (Å²) in [5.41, 5.74) is 0.569. The lowest BCUT2D eigenvalue weighted by atomic mass is 10.3. The van der Waals surface area contributed by atoms with Gasteiger partial charge in [-0.2, -0.15) is 0 Å². The van der Waals surface area contributed by atoms with Gasteiger partial charge in [-0.05, 0) is 12.1 Å². The van der Waals surface area contributed by atoms with E-state index in [0.717, 1.165) is 0 Å². The summed E-state index contributed by atoms with van der Waals surface area (Å²) in [4.78, 5) is 7.55. The first kappa shape index (κ1) is 10.6. The third kappa shape index (κ3) is 2.04. The van der Waals surface area contributed by atoms with Crippen molar-refractivity contribution in [2.75, 3.05) is 0 Å². The molecule has 0 aliphatic carbocycles. The topological polar surface area (TPSA) is 59.9 Å². The molecule has 2 rings (SSSR count). The molecule has 0 saturated heterocycles. The highest BCUT2D eigenvalue weighted by Crippen LogP contribution is 2.26. The molecule has 0 spiro atoms. The molecular weight excluding hydrogens is 259 g/mol. The minimum Gasteiger partial charge on any atom is -0.264 e. The number of fused-ring (bicyclic) bond motifs is 1. The number of halogens is 2. The van der Waals surface area contributed by atoms with Gasteiger partial charge in [0.05, 0.1) is 5.52 Å². The maximum Gasteiger partial charge on any atom is 0.264 e. The van der Waals surface area contributed by atoms with E-state index in [-0.39, 0.29) is 10.0 Å². The maximum absolute atomic E-state index is 11.1. The Morgan fingerprint density at radius 3 is 2.73 bits per heavy atom. The van der Waals surface area contributed by atoms with E-state index in [1.165, 1.54) is 12.3 Å². The Balaban J connectivity index is 2.84. The van der Waals surface area contributed by atoms with Crippen molar-refractivity contribution in [1.82, 2.24) is 9.97 Å². The summed E-state index contributed by atoms with van der Waals surface area (Å²) in [5.74, 6) is 0. The predicted octanol–water partition coefficient (Wildman–Crippen LogP) is 2.21. The Kier molecular flexibility index (Phi) is 2.54. The molecule has 0 atom stereocenters. The van der Waals surface area contributed by atoms with Crippen molar-refractivity contribution in [3.63, 3.8) is 0 Å². The van der Waals surface area contributed by atoms with Crippen molar-refractivity contribution < 1.29 is 8.42 Å². The summed E-state index contributed by atoms with van der Waals surface area (Å²) in [6, 6.07) is 2.98. The standard InChI is InChI=1S/C8H4Cl2N2O2S/c9-8-7(15(10,13)14)3-5-4-11-2-1-6(5)12-8/h1-4H. The average Bonchev–Trinajstić information content (AvgIpc) is 2.15. The van der Waals surface area contributed by atoms with Gasteiger partial charge in [0.25, 0.3) is 9.05 Å². The summed E-state index contributed by atoms with van der Waals surface area (Å²) >= 11 is 5.69. The van der Waals surface area contributed by atoms with Crippen LogP contribution in [-0.4, -0.2) is 18.4 Å². The Labute approximate surface area is 95.3 Å². The first-order chi connectivity index (χ1) is 6.98. The van der Waals surface area contributed by atoms with Crippen LogP contribution < -0.4 is 0 Å². The SMILES string of the molecule is O=S(=O)(Cl)c1cc2cnccc2nc1Cl. The van der Waals surface area contributed by atoms with E-state index in [2.05, 4.69) is 9.97 Å². The van der Waals surface area contributed by atoms with Gasteiger partial charge >= 0.3 is 0 Å². The fourth-order valence-electron chi connectivity index (χ4n) is 1.14. The van der Waals surface area contributed by atoms with Crippen LogP contribution in [0.4, 0.5) is 0 Å². The van der Waals surface area contributed by atoms with Crippen molar-refractivity contribution in [1.29, 1.82) is 0 Å². The Bertz CT molecular complexity index is 628. The van der Waals surface area contributed by atoms with Crippen LogP contribution in [0.25, 0.3) is 10.9 Å². The quantitative estimate of drug-likeness (QED) is 0.584. The van der Waals surface area contributed by atoms with E-state index < -0.39 is 9.05 Å². The van der Waals surface area contributed by atoms with Crippen LogP contribution in [-0.2, 0) is 9.05 Å². The molecule has 0 amide bonds. The van der Waals surface area contributed by atoms with Crippen LogP contribution in [0.15, 0.2) is 29.4 Å². The van der Waals surface area contributed by atoms with Crippen LogP contribution in [0.2, 0.25) is 5.15 Å². The summed E-state index contributed by atoms with van der Waals surface area (Å²) in [7, 11) is 1.32. The molecule has 0 aliphatic heterocycles. The fraction of sp³-hybridized carbons (Fsp3) is 0. The third-order valence-corrected chi connectivity index (χ3v) is 3.53. The first-order valence-electron chi connectivity index (χ1n) is 3.83. The number of nitrogens with zero attached hydrogens (tertiary/aromatic N) is 2. The lowest BCUT2D eigenvalue weighted by Crippen LogP contribution is -1.95. The zero-order valence-corrected chi connectivity index (χ0v) is 9.51. The normalized spacial score (nSPS) is 11.9. The molecule has 15 heavy (non-hydrogen) atoms. The molecule has 2 heterocycles. The molecule has 0 bridgehead atoms. The highest BCUT2D eigenvalue weighted by molar-refractivity contribution is 8.13. The monoisotopic (exact) mass is 262 g/mol. The lowest BCUT2D eigenvalue weighted by molar-refractivity contribution is 0.609. The minimum absolute atomic E-state index is 0.135. The maximum atomic E-state index is 11.1. The highest BCUT2D eigenvalue weighted by Gasteiger charge is 2.16. The summed E-state index contributed by atoms with van der Waals surface area (Å²) in [5, 5.41) is 0.435. The summed E-state index contributed by atoms with van der Waals surface area (Å²) < 4.78 is 22.2. The van der Waals surface area contributed by atoms with E-state index in [0.29, 0.717) is 10.9 Å². The second-order valence-electron chi connectivity index (χ2n) is 2.78. The van der Waals surface area contributed by atoms with Crippen molar-refractivity contribution >= 4 is 42.2 Å². The van der Waals surface area contributed by atoms with E-state index in [9.17, 15) is 8.42 Å². The smallest absolute Gasteiger partial charge is 0.264 e. The number of aromatic nitrogens is 2. The van der Waals surface area contributed by atoms with Gasteiger partial charge in [0, 0.05) is 28.5 Å². The molecule has 78 valence electrons. The molecule has 0 aromatic carbocycles. The second kappa shape index (κ2) is 3.59. The Hall–Kier alpha value is -0.910. The molecule has 0 unspecified atom stereocenters. The number of hydrogen-bond donors (Lipinski definition) is 0. The fourth-order valence-corrected chi connectivity index (χ4v) is 2.58. The zero-order valence-electron chi connectivity index (χ0n) is 7.18. The van der Waals surface area contributed by atoms with Crippen LogP contribution in [0.3, 0.4) is 0 Å². The first-order valence-corrected chi connectivity index (χ1v) is 6.52. The number of rotatable bonds is 1. The van der Waals surface area contributed by atoms with Gasteiger partial charge in [-0.3, -0.25) is 4.98 Å². The third-order valence-electron chi connectivity index (χ3n) is 1.80. The van der Waals surface area contributed by atoms with Crippen LogP contribution >= 0.6 is 22.3 Å². The van der Waals surface area contributed by atoms with Crippen molar-refractivity contribution in [3.8, 4) is 0 Å². The minimum atomic E-state index is -3.87. The van der Waals surface area contributed by atoms with Gasteiger partial charge in [-0.25, -0.2) is 13.4 Å².